The zero-order valence-electron chi connectivity index (χ0n) is 11.7. The third-order valence-electron chi connectivity index (χ3n) is 5.10. The molecule has 0 aromatic heterocycles. The van der Waals surface area contributed by atoms with Gasteiger partial charge in [0.25, 0.3) is 0 Å². The van der Waals surface area contributed by atoms with Crippen LogP contribution in [0.15, 0.2) is 0 Å². The van der Waals surface area contributed by atoms with Gasteiger partial charge < -0.3 is 5.73 Å². The molecule has 0 bridgehead atoms. The van der Waals surface area contributed by atoms with E-state index >= 15 is 0 Å². The average Bonchev–Trinajstić information content (AvgIpc) is 2.38. The van der Waals surface area contributed by atoms with Gasteiger partial charge in [0.05, 0.1) is 0 Å². The number of rotatable bonds is 3. The SMILES string of the molecule is CCC1CCN(C2CCCC(C)C2)C(CN)C1. The number of hydrogen-bond donors (Lipinski definition) is 1. The highest BCUT2D eigenvalue weighted by atomic mass is 15.2. The standard InChI is InChI=1S/C15H30N2/c1-3-13-7-8-17(15(10-13)11-16)14-6-4-5-12(2)9-14/h12-15H,3-11,16H2,1-2H3. The second-order valence-electron chi connectivity index (χ2n) is 6.35. The van der Waals surface area contributed by atoms with Gasteiger partial charge in [-0.3, -0.25) is 4.90 Å². The van der Waals surface area contributed by atoms with Crippen LogP contribution in [0, 0.1) is 11.8 Å². The molecule has 1 saturated heterocycles. The molecule has 2 heteroatoms. The molecule has 0 spiro atoms. The van der Waals surface area contributed by atoms with E-state index < -0.39 is 0 Å². The Morgan fingerprint density at radius 2 is 2.00 bits per heavy atom. The van der Waals surface area contributed by atoms with Crippen molar-refractivity contribution in [1.29, 1.82) is 0 Å². The molecule has 0 amide bonds. The molecule has 2 nitrogen and oxygen atoms in total. The van der Waals surface area contributed by atoms with E-state index in [-0.39, 0.29) is 0 Å². The Bertz CT molecular complexity index is 229. The first-order chi connectivity index (χ1) is 8.24. The molecule has 1 heterocycles. The van der Waals surface area contributed by atoms with Gasteiger partial charge in [0.1, 0.15) is 0 Å². The topological polar surface area (TPSA) is 29.3 Å². The summed E-state index contributed by atoms with van der Waals surface area (Å²) in [6.07, 6.45) is 9.78. The molecule has 0 radical (unpaired) electrons. The first-order valence-electron chi connectivity index (χ1n) is 7.70. The second-order valence-corrected chi connectivity index (χ2v) is 6.35. The van der Waals surface area contributed by atoms with E-state index in [0.29, 0.717) is 6.04 Å². The lowest BCUT2D eigenvalue weighted by atomic mass is 9.82. The van der Waals surface area contributed by atoms with Crippen LogP contribution in [-0.2, 0) is 0 Å². The third kappa shape index (κ3) is 3.23. The number of hydrogen-bond acceptors (Lipinski definition) is 2. The van der Waals surface area contributed by atoms with E-state index in [4.69, 9.17) is 5.73 Å². The lowest BCUT2D eigenvalue weighted by Gasteiger charge is -2.45. The summed E-state index contributed by atoms with van der Waals surface area (Å²) in [5, 5.41) is 0. The van der Waals surface area contributed by atoms with Crippen LogP contribution in [-0.4, -0.2) is 30.1 Å². The lowest BCUT2D eigenvalue weighted by molar-refractivity contribution is 0.0432. The Hall–Kier alpha value is -0.0800. The molecule has 17 heavy (non-hydrogen) atoms. The van der Waals surface area contributed by atoms with Crippen molar-refractivity contribution in [2.24, 2.45) is 17.6 Å². The van der Waals surface area contributed by atoms with E-state index in [1.54, 1.807) is 0 Å². The van der Waals surface area contributed by atoms with Crippen molar-refractivity contribution in [3.63, 3.8) is 0 Å². The van der Waals surface area contributed by atoms with Gasteiger partial charge in [-0.1, -0.05) is 33.1 Å². The minimum absolute atomic E-state index is 0.670. The molecular formula is C15H30N2. The van der Waals surface area contributed by atoms with Crippen LogP contribution in [0.25, 0.3) is 0 Å². The van der Waals surface area contributed by atoms with Crippen molar-refractivity contribution in [2.45, 2.75) is 70.9 Å². The molecule has 2 fully saturated rings. The van der Waals surface area contributed by atoms with Crippen LogP contribution in [0.2, 0.25) is 0 Å². The Morgan fingerprint density at radius 3 is 2.65 bits per heavy atom. The maximum absolute atomic E-state index is 6.01. The maximum Gasteiger partial charge on any atom is 0.0223 e. The van der Waals surface area contributed by atoms with Gasteiger partial charge in [-0.25, -0.2) is 0 Å². The van der Waals surface area contributed by atoms with Crippen molar-refractivity contribution in [1.82, 2.24) is 4.90 Å². The maximum atomic E-state index is 6.01. The largest absolute Gasteiger partial charge is 0.329 e. The summed E-state index contributed by atoms with van der Waals surface area (Å²) in [6.45, 7) is 6.91. The highest BCUT2D eigenvalue weighted by Crippen LogP contribution is 2.33. The van der Waals surface area contributed by atoms with Gasteiger partial charge in [0, 0.05) is 18.6 Å². The van der Waals surface area contributed by atoms with Crippen LogP contribution in [0.4, 0.5) is 0 Å². The average molecular weight is 238 g/mol. The fourth-order valence-corrected chi connectivity index (χ4v) is 3.94. The minimum atomic E-state index is 0.670. The molecule has 100 valence electrons. The fraction of sp³-hybridized carbons (Fsp3) is 1.00. The second kappa shape index (κ2) is 6.19. The summed E-state index contributed by atoms with van der Waals surface area (Å²) in [5.74, 6) is 1.86. The van der Waals surface area contributed by atoms with Crippen LogP contribution in [0.5, 0.6) is 0 Å². The zero-order chi connectivity index (χ0) is 12.3. The summed E-state index contributed by atoms with van der Waals surface area (Å²) < 4.78 is 0. The van der Waals surface area contributed by atoms with Gasteiger partial charge in [-0.15, -0.1) is 0 Å². The first-order valence-corrected chi connectivity index (χ1v) is 7.70. The Labute approximate surface area is 107 Å². The number of piperidine rings is 1. The van der Waals surface area contributed by atoms with E-state index in [9.17, 15) is 0 Å². The van der Waals surface area contributed by atoms with E-state index in [1.807, 2.05) is 0 Å². The quantitative estimate of drug-likeness (QED) is 0.819. The molecule has 0 aromatic carbocycles. The third-order valence-corrected chi connectivity index (χ3v) is 5.10. The number of nitrogens with zero attached hydrogens (tertiary/aromatic N) is 1. The molecular weight excluding hydrogens is 208 g/mol. The van der Waals surface area contributed by atoms with Crippen LogP contribution < -0.4 is 5.73 Å². The molecule has 1 aliphatic heterocycles. The molecule has 2 aliphatic rings. The summed E-state index contributed by atoms with van der Waals surface area (Å²) in [7, 11) is 0. The minimum Gasteiger partial charge on any atom is -0.329 e. The van der Waals surface area contributed by atoms with E-state index in [0.717, 1.165) is 24.4 Å². The number of likely N-dealkylation sites (tertiary alicyclic amines) is 1. The van der Waals surface area contributed by atoms with Gasteiger partial charge >= 0.3 is 0 Å². The lowest BCUT2D eigenvalue weighted by Crippen LogP contribution is -2.52. The normalized spacial score (nSPS) is 40.4. The highest BCUT2D eigenvalue weighted by molar-refractivity contribution is 4.88. The van der Waals surface area contributed by atoms with Crippen LogP contribution in [0.3, 0.4) is 0 Å². The molecule has 4 atom stereocenters. The Morgan fingerprint density at radius 1 is 1.18 bits per heavy atom. The van der Waals surface area contributed by atoms with Crippen molar-refractivity contribution in [2.75, 3.05) is 13.1 Å². The van der Waals surface area contributed by atoms with Crippen molar-refractivity contribution < 1.29 is 0 Å². The predicted molar refractivity (Wildman–Crippen MR) is 74.0 cm³/mol. The molecule has 4 unspecified atom stereocenters. The van der Waals surface area contributed by atoms with Gasteiger partial charge in [-0.05, 0) is 44.1 Å². The molecule has 0 aromatic rings. The monoisotopic (exact) mass is 238 g/mol. The first kappa shape index (κ1) is 13.4. The molecule has 1 saturated carbocycles. The van der Waals surface area contributed by atoms with E-state index in [2.05, 4.69) is 18.7 Å². The molecule has 2 N–H and O–H groups in total. The molecule has 1 aliphatic carbocycles. The molecule has 2 rings (SSSR count). The summed E-state index contributed by atoms with van der Waals surface area (Å²) >= 11 is 0. The van der Waals surface area contributed by atoms with Crippen molar-refractivity contribution in [3.05, 3.63) is 0 Å². The van der Waals surface area contributed by atoms with Crippen molar-refractivity contribution >= 4 is 0 Å². The van der Waals surface area contributed by atoms with Gasteiger partial charge in [0.2, 0.25) is 0 Å². The predicted octanol–water partition coefficient (Wildman–Crippen LogP) is 3.01. The van der Waals surface area contributed by atoms with Crippen LogP contribution in [0.1, 0.15) is 58.8 Å². The number of nitrogens with two attached hydrogens (primary N) is 1. The zero-order valence-corrected chi connectivity index (χ0v) is 11.7. The van der Waals surface area contributed by atoms with Crippen LogP contribution >= 0.6 is 0 Å². The smallest absolute Gasteiger partial charge is 0.0223 e. The van der Waals surface area contributed by atoms with Gasteiger partial charge in [0.15, 0.2) is 0 Å². The summed E-state index contributed by atoms with van der Waals surface area (Å²) in [5.41, 5.74) is 6.01. The van der Waals surface area contributed by atoms with Gasteiger partial charge in [-0.2, -0.15) is 0 Å². The Balaban J connectivity index is 1.94. The highest BCUT2D eigenvalue weighted by Gasteiger charge is 2.33. The van der Waals surface area contributed by atoms with Crippen molar-refractivity contribution in [3.8, 4) is 0 Å². The Kier molecular flexibility index (Phi) is 4.87. The van der Waals surface area contributed by atoms with E-state index in [1.165, 1.54) is 51.5 Å². The fourth-order valence-electron chi connectivity index (χ4n) is 3.94. The summed E-state index contributed by atoms with van der Waals surface area (Å²) in [4.78, 5) is 2.77. The summed E-state index contributed by atoms with van der Waals surface area (Å²) in [6, 6.07) is 1.51.